The molecule has 160 valence electrons. The quantitative estimate of drug-likeness (QED) is 0.309. The number of carboxylic acid groups (broad SMARTS) is 1. The smallest absolute Gasteiger partial charge is 0.412 e. The molecule has 3 rings (SSSR count). The van der Waals surface area contributed by atoms with Crippen LogP contribution in [0.2, 0.25) is 0 Å². The summed E-state index contributed by atoms with van der Waals surface area (Å²) in [4.78, 5) is 23.2. The van der Waals surface area contributed by atoms with Gasteiger partial charge in [-0.05, 0) is 49.8 Å². The highest BCUT2D eigenvalue weighted by Crippen LogP contribution is 2.34. The third-order valence-corrected chi connectivity index (χ3v) is 4.93. The Morgan fingerprint density at radius 1 is 1.03 bits per heavy atom. The van der Waals surface area contributed by atoms with E-state index in [-0.39, 0.29) is 5.75 Å². The largest absolute Gasteiger partial charge is 0.507 e. The van der Waals surface area contributed by atoms with Crippen molar-refractivity contribution in [2.75, 3.05) is 5.32 Å². The highest BCUT2D eigenvalue weighted by atomic mass is 16.6. The first-order chi connectivity index (χ1) is 14.9. The van der Waals surface area contributed by atoms with Gasteiger partial charge in [0.25, 0.3) is 0 Å². The van der Waals surface area contributed by atoms with Gasteiger partial charge in [-0.2, -0.15) is 0 Å². The number of carbonyl (C=O) groups excluding carboxylic acids is 1. The fourth-order valence-corrected chi connectivity index (χ4v) is 3.38. The van der Waals surface area contributed by atoms with Gasteiger partial charge in [0.1, 0.15) is 11.9 Å². The number of nitrogens with one attached hydrogen (secondary N) is 1. The Labute approximate surface area is 180 Å². The third kappa shape index (κ3) is 6.09. The van der Waals surface area contributed by atoms with E-state index in [1.807, 2.05) is 43.3 Å². The summed E-state index contributed by atoms with van der Waals surface area (Å²) in [5.41, 5.74) is 2.51. The van der Waals surface area contributed by atoms with Gasteiger partial charge in [0, 0.05) is 22.7 Å². The van der Waals surface area contributed by atoms with E-state index < -0.39 is 18.2 Å². The Kier molecular flexibility index (Phi) is 7.27. The van der Waals surface area contributed by atoms with Crippen LogP contribution in [0, 0.1) is 6.92 Å². The Morgan fingerprint density at radius 3 is 2.45 bits per heavy atom. The number of rotatable bonds is 8. The van der Waals surface area contributed by atoms with Gasteiger partial charge in [0.05, 0.1) is 0 Å². The fourth-order valence-electron chi connectivity index (χ4n) is 3.38. The number of ether oxygens (including phenoxy) is 1. The maximum absolute atomic E-state index is 12.6. The minimum Gasteiger partial charge on any atom is -0.507 e. The van der Waals surface area contributed by atoms with Crippen molar-refractivity contribution in [3.8, 4) is 5.75 Å². The molecule has 0 aliphatic rings. The number of benzene rings is 3. The van der Waals surface area contributed by atoms with Gasteiger partial charge in [-0.25, -0.2) is 9.59 Å². The number of phenolic OH excluding ortho intramolecular Hbond substituents is 1. The van der Waals surface area contributed by atoms with Crippen LogP contribution < -0.4 is 5.32 Å². The third-order valence-electron chi connectivity index (χ3n) is 4.93. The fraction of sp³-hybridized carbons (Fsp3) is 0.200. The van der Waals surface area contributed by atoms with Crippen LogP contribution in [0.15, 0.2) is 72.8 Å². The minimum absolute atomic E-state index is 0.159. The number of carboxylic acids is 1. The molecule has 1 atom stereocenters. The first-order valence-corrected chi connectivity index (χ1v) is 10.1. The molecule has 6 nitrogen and oxygen atoms in total. The van der Waals surface area contributed by atoms with E-state index in [1.54, 1.807) is 30.3 Å². The molecule has 0 fully saturated rings. The molecule has 31 heavy (non-hydrogen) atoms. The van der Waals surface area contributed by atoms with Gasteiger partial charge < -0.3 is 14.9 Å². The summed E-state index contributed by atoms with van der Waals surface area (Å²) < 4.78 is 5.77. The minimum atomic E-state index is -0.991. The standard InChI is InChI=1S/C25H25NO5/c1-17-11-13-18(14-12-17)26-25(30)31-23(9-3-2-4-10-24(28)29)21-15-16-22(27)20-8-6-5-7-19(20)21/h4-8,10-16,23,27H,2-3,9H2,1H3,(H,26,30)(H,28,29)/b10-4+/t23-/m0/s1. The number of aliphatic carboxylic acids is 1. The summed E-state index contributed by atoms with van der Waals surface area (Å²) in [7, 11) is 0. The van der Waals surface area contributed by atoms with Gasteiger partial charge in [0.2, 0.25) is 0 Å². The first-order valence-electron chi connectivity index (χ1n) is 10.1. The number of aryl methyl sites for hydroxylation is 1. The van der Waals surface area contributed by atoms with Crippen LogP contribution in [-0.2, 0) is 9.53 Å². The number of aromatic hydroxyl groups is 1. The van der Waals surface area contributed by atoms with Crippen molar-refractivity contribution in [1.82, 2.24) is 0 Å². The zero-order chi connectivity index (χ0) is 22.2. The van der Waals surface area contributed by atoms with Crippen molar-refractivity contribution >= 4 is 28.5 Å². The summed E-state index contributed by atoms with van der Waals surface area (Å²) >= 11 is 0. The van der Waals surface area contributed by atoms with Crippen LogP contribution in [0.1, 0.15) is 36.5 Å². The molecule has 1 amide bonds. The van der Waals surface area contributed by atoms with E-state index in [1.165, 1.54) is 0 Å². The van der Waals surface area contributed by atoms with Gasteiger partial charge in [0.15, 0.2) is 0 Å². The van der Waals surface area contributed by atoms with Gasteiger partial charge >= 0.3 is 12.1 Å². The van der Waals surface area contributed by atoms with Crippen LogP contribution in [0.4, 0.5) is 10.5 Å². The second-order valence-corrected chi connectivity index (χ2v) is 7.28. The summed E-state index contributed by atoms with van der Waals surface area (Å²) in [6.07, 6.45) is 3.22. The number of fused-ring (bicyclic) bond motifs is 1. The SMILES string of the molecule is Cc1ccc(NC(=O)O[C@@H](CCC/C=C/C(=O)O)c2ccc(O)c3ccccc23)cc1. The second-order valence-electron chi connectivity index (χ2n) is 7.28. The molecule has 0 aliphatic heterocycles. The topological polar surface area (TPSA) is 95.9 Å². The van der Waals surface area contributed by atoms with Crippen LogP contribution in [-0.4, -0.2) is 22.3 Å². The van der Waals surface area contributed by atoms with Crippen molar-refractivity contribution in [2.45, 2.75) is 32.3 Å². The average molecular weight is 419 g/mol. The zero-order valence-electron chi connectivity index (χ0n) is 17.2. The zero-order valence-corrected chi connectivity index (χ0v) is 17.2. The summed E-state index contributed by atoms with van der Waals surface area (Å²) in [6.45, 7) is 1.97. The van der Waals surface area contributed by atoms with Gasteiger partial charge in [-0.15, -0.1) is 0 Å². The molecule has 0 aliphatic carbocycles. The summed E-state index contributed by atoms with van der Waals surface area (Å²) in [6, 6.07) is 18.1. The van der Waals surface area contributed by atoms with E-state index >= 15 is 0 Å². The molecule has 3 aromatic rings. The second kappa shape index (κ2) is 10.3. The van der Waals surface area contributed by atoms with Crippen molar-refractivity contribution in [3.05, 3.63) is 83.9 Å². The molecule has 0 radical (unpaired) electrons. The molecular weight excluding hydrogens is 394 g/mol. The Hall–Kier alpha value is -3.80. The molecule has 3 aromatic carbocycles. The molecule has 6 heteroatoms. The number of anilines is 1. The van der Waals surface area contributed by atoms with Crippen molar-refractivity contribution in [1.29, 1.82) is 0 Å². The molecule has 3 N–H and O–H groups in total. The predicted molar refractivity (Wildman–Crippen MR) is 120 cm³/mol. The maximum atomic E-state index is 12.6. The Balaban J connectivity index is 1.81. The van der Waals surface area contributed by atoms with Gasteiger partial charge in [-0.3, -0.25) is 5.32 Å². The summed E-state index contributed by atoms with van der Waals surface area (Å²) in [5, 5.41) is 23.1. The van der Waals surface area contributed by atoms with E-state index in [4.69, 9.17) is 9.84 Å². The highest BCUT2D eigenvalue weighted by molar-refractivity contribution is 5.91. The summed E-state index contributed by atoms with van der Waals surface area (Å²) in [5.74, 6) is -0.832. The number of allylic oxidation sites excluding steroid dienone is 1. The van der Waals surface area contributed by atoms with E-state index in [2.05, 4.69) is 5.32 Å². The molecule has 0 aromatic heterocycles. The lowest BCUT2D eigenvalue weighted by Gasteiger charge is -2.20. The van der Waals surface area contributed by atoms with Crippen LogP contribution in [0.25, 0.3) is 10.8 Å². The molecule has 0 saturated heterocycles. The maximum Gasteiger partial charge on any atom is 0.412 e. The Bertz CT molecular complexity index is 1090. The lowest BCUT2D eigenvalue weighted by molar-refractivity contribution is -0.131. The monoisotopic (exact) mass is 419 g/mol. The number of phenols is 1. The molecule has 0 saturated carbocycles. The average Bonchev–Trinajstić information content (AvgIpc) is 2.75. The highest BCUT2D eigenvalue weighted by Gasteiger charge is 2.20. The lowest BCUT2D eigenvalue weighted by atomic mass is 9.96. The molecule has 0 unspecified atom stereocenters. The molecular formula is C25H25NO5. The predicted octanol–water partition coefficient (Wildman–Crippen LogP) is 5.95. The number of hydrogen-bond acceptors (Lipinski definition) is 4. The van der Waals surface area contributed by atoms with E-state index in [0.29, 0.717) is 30.3 Å². The number of carbonyl (C=O) groups is 2. The lowest BCUT2D eigenvalue weighted by Crippen LogP contribution is -2.18. The van der Waals surface area contributed by atoms with E-state index in [0.717, 1.165) is 22.6 Å². The normalized spacial score (nSPS) is 12.0. The van der Waals surface area contributed by atoms with Crippen LogP contribution in [0.5, 0.6) is 5.75 Å². The number of hydrogen-bond donors (Lipinski definition) is 3. The van der Waals surface area contributed by atoms with Crippen LogP contribution in [0.3, 0.4) is 0 Å². The number of unbranched alkanes of at least 4 members (excludes halogenated alkanes) is 1. The molecule has 0 heterocycles. The van der Waals surface area contributed by atoms with Crippen molar-refractivity contribution < 1.29 is 24.5 Å². The van der Waals surface area contributed by atoms with Gasteiger partial charge in [-0.1, -0.05) is 54.1 Å². The molecule has 0 bridgehead atoms. The number of amides is 1. The Morgan fingerprint density at radius 2 is 1.74 bits per heavy atom. The van der Waals surface area contributed by atoms with Crippen molar-refractivity contribution in [2.24, 2.45) is 0 Å². The molecule has 0 spiro atoms. The van der Waals surface area contributed by atoms with E-state index in [9.17, 15) is 14.7 Å². The van der Waals surface area contributed by atoms with Crippen LogP contribution >= 0.6 is 0 Å². The van der Waals surface area contributed by atoms with Crippen molar-refractivity contribution in [3.63, 3.8) is 0 Å². The first kappa shape index (κ1) is 21.9.